The van der Waals surface area contributed by atoms with Crippen LogP contribution in [-0.2, 0) is 16.9 Å². The normalized spacial score (nSPS) is 16.2. The van der Waals surface area contributed by atoms with Crippen LogP contribution in [0.2, 0.25) is 5.02 Å². The Labute approximate surface area is 155 Å². The zero-order valence-electron chi connectivity index (χ0n) is 14.4. The van der Waals surface area contributed by atoms with Crippen molar-refractivity contribution < 1.29 is 9.72 Å². The van der Waals surface area contributed by atoms with Crippen LogP contribution in [0, 0.1) is 10.1 Å². The molecule has 0 aliphatic carbocycles. The molecule has 0 unspecified atom stereocenters. The highest BCUT2D eigenvalue weighted by Crippen LogP contribution is 2.30. The lowest BCUT2D eigenvalue weighted by Crippen LogP contribution is -2.54. The summed E-state index contributed by atoms with van der Waals surface area (Å²) in [6, 6.07) is 6.05. The van der Waals surface area contributed by atoms with Crippen LogP contribution in [0.4, 0.5) is 5.69 Å². The van der Waals surface area contributed by atoms with Crippen molar-refractivity contribution in [3.8, 4) is 0 Å². The highest BCUT2D eigenvalue weighted by Gasteiger charge is 2.43. The van der Waals surface area contributed by atoms with E-state index >= 15 is 0 Å². The second-order valence-electron chi connectivity index (χ2n) is 6.43. The average molecular weight is 378 g/mol. The number of nitrogens with zero attached hydrogens (tertiary/aromatic N) is 4. The quantitative estimate of drug-likeness (QED) is 0.636. The monoisotopic (exact) mass is 377 g/mol. The molecular weight excluding hydrogens is 358 g/mol. The number of rotatable bonds is 5. The summed E-state index contributed by atoms with van der Waals surface area (Å²) in [5, 5.41) is 19.0. The van der Waals surface area contributed by atoms with Gasteiger partial charge in [-0.25, -0.2) is 0 Å². The molecular formula is C17H20ClN5O3. The fourth-order valence-electron chi connectivity index (χ4n) is 3.38. The Bertz CT molecular complexity index is 803. The Morgan fingerprint density at radius 3 is 2.81 bits per heavy atom. The van der Waals surface area contributed by atoms with E-state index in [4.69, 9.17) is 11.6 Å². The number of likely N-dealkylation sites (N-methyl/N-ethyl adjacent to an activating group) is 1. The Balaban J connectivity index is 1.87. The standard InChI is InChI=1S/C17H20ClN5O3/c1-21(12-13-11-14(23(25)26)3-4-15(13)18)16(24)17(5-8-19-9-6-17)22-10-2-7-20-22/h2-4,7,10-11,19H,5-6,8-9,12H2,1H3. The number of piperidine rings is 1. The molecule has 138 valence electrons. The minimum Gasteiger partial charge on any atom is -0.339 e. The number of amides is 1. The van der Waals surface area contributed by atoms with Gasteiger partial charge >= 0.3 is 0 Å². The zero-order valence-corrected chi connectivity index (χ0v) is 15.1. The molecule has 1 aromatic carbocycles. The number of hydrogen-bond acceptors (Lipinski definition) is 5. The van der Waals surface area contributed by atoms with Crippen LogP contribution in [0.25, 0.3) is 0 Å². The fraction of sp³-hybridized carbons (Fsp3) is 0.412. The lowest BCUT2D eigenvalue weighted by molar-refractivity contribution is -0.384. The summed E-state index contributed by atoms with van der Waals surface area (Å²) in [5.74, 6) is -0.0785. The molecule has 0 bridgehead atoms. The summed E-state index contributed by atoms with van der Waals surface area (Å²) in [7, 11) is 1.69. The molecule has 2 heterocycles. The van der Waals surface area contributed by atoms with Gasteiger partial charge in [-0.2, -0.15) is 5.10 Å². The first-order valence-corrected chi connectivity index (χ1v) is 8.71. The summed E-state index contributed by atoms with van der Waals surface area (Å²) >= 11 is 6.18. The van der Waals surface area contributed by atoms with Crippen LogP contribution in [0.15, 0.2) is 36.7 Å². The zero-order chi connectivity index (χ0) is 18.7. The maximum Gasteiger partial charge on any atom is 0.269 e. The topological polar surface area (TPSA) is 93.3 Å². The molecule has 1 amide bonds. The first-order valence-electron chi connectivity index (χ1n) is 8.33. The SMILES string of the molecule is CN(Cc1cc([N+](=O)[O-])ccc1Cl)C(=O)C1(n2cccn2)CCNCC1. The number of nitro groups is 1. The van der Waals surface area contributed by atoms with Gasteiger partial charge in [-0.1, -0.05) is 11.6 Å². The molecule has 0 radical (unpaired) electrons. The van der Waals surface area contributed by atoms with Gasteiger partial charge in [0.05, 0.1) is 4.92 Å². The van der Waals surface area contributed by atoms with E-state index in [1.54, 1.807) is 35.1 Å². The molecule has 3 rings (SSSR count). The Kier molecular flexibility index (Phi) is 5.24. The van der Waals surface area contributed by atoms with Crippen molar-refractivity contribution in [3.05, 3.63) is 57.4 Å². The summed E-state index contributed by atoms with van der Waals surface area (Å²) in [4.78, 5) is 25.4. The van der Waals surface area contributed by atoms with Crippen LogP contribution in [-0.4, -0.2) is 45.6 Å². The summed E-state index contributed by atoms with van der Waals surface area (Å²) in [5.41, 5.74) is -0.258. The molecule has 8 nitrogen and oxygen atoms in total. The van der Waals surface area contributed by atoms with Crippen molar-refractivity contribution in [1.29, 1.82) is 0 Å². The summed E-state index contributed by atoms with van der Waals surface area (Å²) < 4.78 is 1.72. The van der Waals surface area contributed by atoms with Gasteiger partial charge in [-0.15, -0.1) is 0 Å². The highest BCUT2D eigenvalue weighted by molar-refractivity contribution is 6.31. The van der Waals surface area contributed by atoms with Gasteiger partial charge in [0.25, 0.3) is 11.6 Å². The number of halogens is 1. The minimum absolute atomic E-state index is 0.0473. The number of nitrogens with one attached hydrogen (secondary N) is 1. The van der Waals surface area contributed by atoms with Gasteiger partial charge in [0.15, 0.2) is 0 Å². The smallest absolute Gasteiger partial charge is 0.269 e. The van der Waals surface area contributed by atoms with Crippen molar-refractivity contribution in [2.45, 2.75) is 24.9 Å². The van der Waals surface area contributed by atoms with E-state index in [1.165, 1.54) is 18.2 Å². The predicted octanol–water partition coefficient (Wildman–Crippen LogP) is 2.18. The van der Waals surface area contributed by atoms with Gasteiger partial charge in [0.1, 0.15) is 5.54 Å². The highest BCUT2D eigenvalue weighted by atomic mass is 35.5. The number of benzene rings is 1. The van der Waals surface area contributed by atoms with Gasteiger partial charge in [0.2, 0.25) is 0 Å². The molecule has 2 aromatic rings. The molecule has 1 aliphatic heterocycles. The van der Waals surface area contributed by atoms with Crippen LogP contribution < -0.4 is 5.32 Å². The van der Waals surface area contributed by atoms with Crippen LogP contribution >= 0.6 is 11.6 Å². The molecule has 1 aliphatic rings. The molecule has 1 saturated heterocycles. The molecule has 1 fully saturated rings. The van der Waals surface area contributed by atoms with E-state index in [0.29, 0.717) is 23.4 Å². The Morgan fingerprint density at radius 1 is 1.46 bits per heavy atom. The average Bonchev–Trinajstić information content (AvgIpc) is 3.18. The number of carbonyl (C=O) groups excluding carboxylic acids is 1. The Hall–Kier alpha value is -2.45. The maximum atomic E-state index is 13.3. The van der Waals surface area contributed by atoms with Gasteiger partial charge in [-0.05, 0) is 43.6 Å². The largest absolute Gasteiger partial charge is 0.339 e. The third-order valence-electron chi connectivity index (χ3n) is 4.77. The lowest BCUT2D eigenvalue weighted by Gasteiger charge is -2.39. The van der Waals surface area contributed by atoms with Crippen molar-refractivity contribution >= 4 is 23.2 Å². The second kappa shape index (κ2) is 7.43. The fourth-order valence-corrected chi connectivity index (χ4v) is 3.56. The van der Waals surface area contributed by atoms with Crippen molar-refractivity contribution in [1.82, 2.24) is 20.0 Å². The number of hydrogen-bond donors (Lipinski definition) is 1. The third kappa shape index (κ3) is 3.42. The number of aromatic nitrogens is 2. The van der Waals surface area contributed by atoms with E-state index in [9.17, 15) is 14.9 Å². The molecule has 9 heteroatoms. The van der Waals surface area contributed by atoms with Crippen molar-refractivity contribution in [2.75, 3.05) is 20.1 Å². The van der Waals surface area contributed by atoms with E-state index < -0.39 is 10.5 Å². The van der Waals surface area contributed by atoms with Gasteiger partial charge in [0, 0.05) is 43.1 Å². The number of non-ortho nitro benzene ring substituents is 1. The molecule has 1 aromatic heterocycles. The maximum absolute atomic E-state index is 13.3. The summed E-state index contributed by atoms with van der Waals surface area (Å²) in [6.45, 7) is 1.63. The number of nitro benzene ring substituents is 1. The van der Waals surface area contributed by atoms with Crippen LogP contribution in [0.3, 0.4) is 0 Å². The first kappa shape index (κ1) is 18.3. The van der Waals surface area contributed by atoms with E-state index in [2.05, 4.69) is 10.4 Å². The van der Waals surface area contributed by atoms with Crippen molar-refractivity contribution in [2.24, 2.45) is 0 Å². The minimum atomic E-state index is -0.753. The van der Waals surface area contributed by atoms with E-state index in [1.807, 2.05) is 0 Å². The predicted molar refractivity (Wildman–Crippen MR) is 96.9 cm³/mol. The van der Waals surface area contributed by atoms with Crippen molar-refractivity contribution in [3.63, 3.8) is 0 Å². The summed E-state index contributed by atoms with van der Waals surface area (Å²) in [6.07, 6.45) is 4.72. The van der Waals surface area contributed by atoms with Crippen LogP contribution in [0.5, 0.6) is 0 Å². The molecule has 0 spiro atoms. The van der Waals surface area contributed by atoms with Crippen LogP contribution in [0.1, 0.15) is 18.4 Å². The molecule has 26 heavy (non-hydrogen) atoms. The Morgan fingerprint density at radius 2 is 2.19 bits per heavy atom. The van der Waals surface area contributed by atoms with E-state index in [0.717, 1.165) is 13.1 Å². The lowest BCUT2D eigenvalue weighted by atomic mass is 9.86. The molecule has 0 atom stereocenters. The van der Waals surface area contributed by atoms with E-state index in [-0.39, 0.29) is 18.1 Å². The number of carbonyl (C=O) groups is 1. The second-order valence-corrected chi connectivity index (χ2v) is 6.83. The first-order chi connectivity index (χ1) is 12.4. The molecule has 1 N–H and O–H groups in total. The molecule has 0 saturated carbocycles. The van der Waals surface area contributed by atoms with Gasteiger partial charge < -0.3 is 10.2 Å². The third-order valence-corrected chi connectivity index (χ3v) is 5.13. The van der Waals surface area contributed by atoms with Gasteiger partial charge in [-0.3, -0.25) is 19.6 Å².